The van der Waals surface area contributed by atoms with Gasteiger partial charge in [0.1, 0.15) is 60.5 Å². The minimum atomic E-state index is -2.86. The molecule has 4 rings (SSSR count). The van der Waals surface area contributed by atoms with Crippen LogP contribution < -0.4 is 20.1 Å². The van der Waals surface area contributed by atoms with Crippen LogP contribution in [-0.4, -0.2) is 158 Å². The van der Waals surface area contributed by atoms with E-state index in [1.54, 1.807) is 0 Å². The van der Waals surface area contributed by atoms with E-state index >= 15 is 0 Å². The molecule has 0 radical (unpaired) electrons. The molecule has 51 heavy (non-hydrogen) atoms. The third-order valence-corrected chi connectivity index (χ3v) is 8.47. The van der Waals surface area contributed by atoms with E-state index in [9.17, 15) is 60.3 Å². The van der Waals surface area contributed by atoms with Crippen LogP contribution in [0.25, 0.3) is 0 Å². The number of aliphatic carboxylic acids is 1. The number of phenolic OH excluding ortho intramolecular Hbond substituents is 1. The Morgan fingerprint density at radius 2 is 1.69 bits per heavy atom. The van der Waals surface area contributed by atoms with Crippen molar-refractivity contribution in [1.82, 2.24) is 10.6 Å². The van der Waals surface area contributed by atoms with Crippen molar-refractivity contribution < 1.29 is 84.0 Å². The summed E-state index contributed by atoms with van der Waals surface area (Å²) in [6, 6.07) is 7.94. The Kier molecular flexibility index (Phi) is 13.4. The molecule has 20 heteroatoms. The number of carbonyl (C=O) groups is 3. The van der Waals surface area contributed by atoms with Crippen LogP contribution in [0.3, 0.4) is 0 Å². The van der Waals surface area contributed by atoms with Gasteiger partial charge in [0.25, 0.3) is 11.7 Å². The van der Waals surface area contributed by atoms with Crippen molar-refractivity contribution in [2.24, 2.45) is 0 Å². The smallest absolute Gasteiger partial charge is 0.364 e. The molecule has 11 N–H and O–H groups in total. The van der Waals surface area contributed by atoms with Crippen LogP contribution in [-0.2, 0) is 23.8 Å². The zero-order valence-corrected chi connectivity index (χ0v) is 27.6. The Morgan fingerprint density at radius 3 is 2.31 bits per heavy atom. The standard InChI is InChI=1S/C31H39ClN2O17/c1-47-14-3-5-15(6-4-14)49-29-26(43)25(42)24(41)20(50-29)12-48-31(30(45)46)9-18(37)22(34-21(39)11-35)27(51-31)23(40)19(38)10-33-28(44)16-8-13(32)2-7-17(16)36/h2-8,18-20,22-27,29,35-38,40-43H,9-12H2,1H3,(H,33,44)(H,34,39)(H,45,46)/t18-,19+,20+,22+,23+,24-,25-,26+,27+,29+,31+/m0/s1. The van der Waals surface area contributed by atoms with Gasteiger partial charge in [-0.3, -0.25) is 9.59 Å². The van der Waals surface area contributed by atoms with E-state index in [2.05, 4.69) is 10.6 Å². The summed E-state index contributed by atoms with van der Waals surface area (Å²) >= 11 is 5.87. The third-order valence-electron chi connectivity index (χ3n) is 8.24. The first kappa shape index (κ1) is 39.9. The number of aliphatic hydroxyl groups excluding tert-OH is 7. The monoisotopic (exact) mass is 746 g/mol. The summed E-state index contributed by atoms with van der Waals surface area (Å²) < 4.78 is 27.5. The van der Waals surface area contributed by atoms with E-state index in [0.717, 1.165) is 12.1 Å². The lowest BCUT2D eigenvalue weighted by molar-refractivity contribution is -0.331. The quantitative estimate of drug-likeness (QED) is 0.0908. The highest BCUT2D eigenvalue weighted by Crippen LogP contribution is 2.35. The van der Waals surface area contributed by atoms with Crippen LogP contribution >= 0.6 is 11.6 Å². The predicted octanol–water partition coefficient (Wildman–Crippen LogP) is -3.18. The molecule has 2 aromatic carbocycles. The molecule has 2 aliphatic rings. The first-order valence-corrected chi connectivity index (χ1v) is 15.7. The number of carboxylic acid groups (broad SMARTS) is 1. The number of methoxy groups -OCH3 is 1. The molecule has 0 bridgehead atoms. The summed E-state index contributed by atoms with van der Waals surface area (Å²) in [6.45, 7) is -2.70. The Bertz CT molecular complexity index is 1520. The average molecular weight is 747 g/mol. The van der Waals surface area contributed by atoms with E-state index in [1.165, 1.54) is 37.4 Å². The van der Waals surface area contributed by atoms with E-state index < -0.39 is 117 Å². The van der Waals surface area contributed by atoms with Crippen LogP contribution in [0.5, 0.6) is 17.2 Å². The van der Waals surface area contributed by atoms with Crippen molar-refractivity contribution in [3.63, 3.8) is 0 Å². The second-order valence-corrected chi connectivity index (χ2v) is 12.1. The van der Waals surface area contributed by atoms with E-state index in [1.807, 2.05) is 0 Å². The Labute approximate surface area is 294 Å². The largest absolute Gasteiger partial charge is 0.507 e. The van der Waals surface area contributed by atoms with Crippen molar-refractivity contribution in [3.05, 3.63) is 53.1 Å². The molecule has 0 spiro atoms. The molecule has 2 aromatic rings. The third kappa shape index (κ3) is 9.33. The van der Waals surface area contributed by atoms with E-state index in [4.69, 9.17) is 35.3 Å². The second-order valence-electron chi connectivity index (χ2n) is 11.7. The molecular formula is C31H39ClN2O17. The number of hydrogen-bond acceptors (Lipinski definition) is 16. The van der Waals surface area contributed by atoms with Crippen molar-refractivity contribution in [3.8, 4) is 17.2 Å². The number of aromatic hydroxyl groups is 1. The fourth-order valence-electron chi connectivity index (χ4n) is 5.43. The van der Waals surface area contributed by atoms with Gasteiger partial charge in [-0.1, -0.05) is 11.6 Å². The number of nitrogens with one attached hydrogen (secondary N) is 2. The fraction of sp³-hybridized carbons (Fsp3) is 0.516. The molecule has 2 amide bonds. The van der Waals surface area contributed by atoms with Crippen LogP contribution in [0, 0.1) is 0 Å². The molecule has 2 heterocycles. The molecule has 19 nitrogen and oxygen atoms in total. The van der Waals surface area contributed by atoms with Gasteiger partial charge in [0.2, 0.25) is 12.2 Å². The highest BCUT2D eigenvalue weighted by molar-refractivity contribution is 6.31. The number of hydrogen-bond donors (Lipinski definition) is 11. The maximum atomic E-state index is 12.7. The van der Waals surface area contributed by atoms with Gasteiger partial charge in [-0.25, -0.2) is 4.79 Å². The van der Waals surface area contributed by atoms with Gasteiger partial charge in [0.15, 0.2) is 0 Å². The topological polar surface area (TPSA) is 303 Å². The summed E-state index contributed by atoms with van der Waals surface area (Å²) in [5, 5.41) is 98.6. The predicted molar refractivity (Wildman–Crippen MR) is 169 cm³/mol. The number of halogens is 1. The number of rotatable bonds is 14. The number of benzene rings is 2. The normalized spacial score (nSPS) is 30.5. The molecule has 0 saturated carbocycles. The van der Waals surface area contributed by atoms with Crippen molar-refractivity contribution in [2.45, 2.75) is 73.4 Å². The van der Waals surface area contributed by atoms with Crippen molar-refractivity contribution in [1.29, 1.82) is 0 Å². The average Bonchev–Trinajstić information content (AvgIpc) is 3.11. The maximum absolute atomic E-state index is 12.7. The van der Waals surface area contributed by atoms with E-state index in [-0.39, 0.29) is 16.3 Å². The first-order chi connectivity index (χ1) is 24.1. The van der Waals surface area contributed by atoms with Gasteiger partial charge < -0.3 is 80.3 Å². The minimum absolute atomic E-state index is 0.104. The molecule has 11 atom stereocenters. The van der Waals surface area contributed by atoms with Gasteiger partial charge in [-0.05, 0) is 42.5 Å². The summed E-state index contributed by atoms with van der Waals surface area (Å²) in [5.74, 6) is -6.54. The number of amides is 2. The molecule has 2 fully saturated rings. The molecule has 282 valence electrons. The first-order valence-electron chi connectivity index (χ1n) is 15.4. The van der Waals surface area contributed by atoms with Gasteiger partial charge in [-0.15, -0.1) is 0 Å². The number of phenols is 1. The lowest BCUT2D eigenvalue weighted by atomic mass is 9.88. The van der Waals surface area contributed by atoms with Crippen LogP contribution in [0.2, 0.25) is 5.02 Å². The summed E-state index contributed by atoms with van der Waals surface area (Å²) in [7, 11) is 1.44. The van der Waals surface area contributed by atoms with Crippen LogP contribution in [0.4, 0.5) is 0 Å². The molecule has 2 aliphatic heterocycles. The zero-order valence-electron chi connectivity index (χ0n) is 26.8. The lowest BCUT2D eigenvalue weighted by Crippen LogP contribution is -2.69. The molecular weight excluding hydrogens is 708 g/mol. The van der Waals surface area contributed by atoms with Crippen LogP contribution in [0.15, 0.2) is 42.5 Å². The zero-order chi connectivity index (χ0) is 37.6. The summed E-state index contributed by atoms with van der Waals surface area (Å²) in [4.78, 5) is 37.4. The number of aliphatic hydroxyl groups is 7. The molecule has 0 aliphatic carbocycles. The SMILES string of the molecule is COc1ccc(O[C@@H]2O[C@H](CO[C@]3(C(=O)O)C[C@H](O)[C@@H](NC(=O)CO)[C@H]([C@H](O)[C@H](O)CNC(=O)c4cc(Cl)ccc4O)O3)[C@H](O)[C@H](O)[C@H]2O)cc1. The van der Waals surface area contributed by atoms with Gasteiger partial charge >= 0.3 is 5.97 Å². The molecule has 2 saturated heterocycles. The van der Waals surface area contributed by atoms with E-state index in [0.29, 0.717) is 5.75 Å². The summed E-state index contributed by atoms with van der Waals surface area (Å²) in [5.41, 5.74) is -0.277. The number of carboxylic acids is 1. The van der Waals surface area contributed by atoms with Gasteiger partial charge in [0.05, 0.1) is 37.5 Å². The number of carbonyl (C=O) groups excluding carboxylic acids is 2. The molecule has 0 aromatic heterocycles. The van der Waals surface area contributed by atoms with Crippen LogP contribution in [0.1, 0.15) is 16.8 Å². The number of ether oxygens (including phenoxy) is 5. The highest BCUT2D eigenvalue weighted by Gasteiger charge is 2.57. The van der Waals surface area contributed by atoms with Crippen molar-refractivity contribution in [2.75, 3.05) is 26.9 Å². The Hall–Kier alpha value is -3.86. The Morgan fingerprint density at radius 1 is 1.02 bits per heavy atom. The highest BCUT2D eigenvalue weighted by atomic mass is 35.5. The fourth-order valence-corrected chi connectivity index (χ4v) is 5.60. The van der Waals surface area contributed by atoms with Gasteiger partial charge in [-0.2, -0.15) is 0 Å². The van der Waals surface area contributed by atoms with Crippen molar-refractivity contribution >= 4 is 29.4 Å². The lowest BCUT2D eigenvalue weighted by Gasteiger charge is -2.47. The Balaban J connectivity index is 1.52. The second kappa shape index (κ2) is 17.1. The summed E-state index contributed by atoms with van der Waals surface area (Å²) in [6.07, 6.45) is -17.6. The van der Waals surface area contributed by atoms with Gasteiger partial charge in [0, 0.05) is 18.0 Å². The molecule has 0 unspecified atom stereocenters. The minimum Gasteiger partial charge on any atom is -0.507 e. The maximum Gasteiger partial charge on any atom is 0.364 e.